The minimum atomic E-state index is -0.526. The minimum absolute atomic E-state index is 0.0419. The second-order valence-electron chi connectivity index (χ2n) is 5.43. The van der Waals surface area contributed by atoms with Gasteiger partial charge in [0.25, 0.3) is 0 Å². The van der Waals surface area contributed by atoms with Crippen molar-refractivity contribution in [2.75, 3.05) is 5.33 Å². The van der Waals surface area contributed by atoms with Crippen LogP contribution < -0.4 is 0 Å². The highest BCUT2D eigenvalue weighted by atomic mass is 79.9. The minimum Gasteiger partial charge on any atom is -0.444 e. The van der Waals surface area contributed by atoms with E-state index in [1.807, 2.05) is 27.7 Å². The molecule has 1 saturated heterocycles. The summed E-state index contributed by atoms with van der Waals surface area (Å²) in [5, 5.41) is 0.281. The van der Waals surface area contributed by atoms with Gasteiger partial charge in [-0.2, -0.15) is 0 Å². The molecule has 4 nitrogen and oxygen atoms in total. The third kappa shape index (κ3) is 3.69. The molecular weight excluding hydrogens is 286 g/mol. The number of amides is 1. The Bertz CT molecular complexity index is 311. The third-order valence-corrected chi connectivity index (χ3v) is 3.33. The molecule has 5 heteroatoms. The van der Waals surface area contributed by atoms with Crippen molar-refractivity contribution in [2.24, 2.45) is 0 Å². The molecule has 1 aliphatic rings. The van der Waals surface area contributed by atoms with E-state index in [2.05, 4.69) is 15.9 Å². The summed E-state index contributed by atoms with van der Waals surface area (Å²) in [4.78, 5) is 25.4. The number of hydrogen-bond donors (Lipinski definition) is 0. The zero-order chi connectivity index (χ0) is 13.2. The average molecular weight is 306 g/mol. The van der Waals surface area contributed by atoms with Crippen LogP contribution in [0.1, 0.15) is 40.5 Å². The van der Waals surface area contributed by atoms with E-state index in [0.29, 0.717) is 0 Å². The number of hydrogen-bond acceptors (Lipinski definition) is 3. The fourth-order valence-electron chi connectivity index (χ4n) is 2.01. The number of carbonyl (C=O) groups is 2. The van der Waals surface area contributed by atoms with Gasteiger partial charge in [-0.05, 0) is 40.5 Å². The number of nitrogens with zero attached hydrogens (tertiary/aromatic N) is 1. The van der Waals surface area contributed by atoms with Crippen molar-refractivity contribution in [1.29, 1.82) is 0 Å². The van der Waals surface area contributed by atoms with E-state index in [0.717, 1.165) is 12.8 Å². The molecule has 0 aliphatic carbocycles. The van der Waals surface area contributed by atoms with Gasteiger partial charge in [0.05, 0.1) is 11.4 Å². The van der Waals surface area contributed by atoms with E-state index in [9.17, 15) is 9.59 Å². The number of rotatable bonds is 2. The zero-order valence-electron chi connectivity index (χ0n) is 10.8. The molecule has 1 aliphatic heterocycles. The van der Waals surface area contributed by atoms with Crippen LogP contribution in [0.25, 0.3) is 0 Å². The molecule has 0 aromatic heterocycles. The largest absolute Gasteiger partial charge is 0.444 e. The first-order valence-corrected chi connectivity index (χ1v) is 6.98. The van der Waals surface area contributed by atoms with Gasteiger partial charge in [0.2, 0.25) is 0 Å². The van der Waals surface area contributed by atoms with Crippen molar-refractivity contribution >= 4 is 27.8 Å². The van der Waals surface area contributed by atoms with Crippen LogP contribution >= 0.6 is 15.9 Å². The van der Waals surface area contributed by atoms with Crippen LogP contribution in [0.3, 0.4) is 0 Å². The lowest BCUT2D eigenvalue weighted by Gasteiger charge is -2.30. The van der Waals surface area contributed by atoms with E-state index >= 15 is 0 Å². The molecule has 0 radical (unpaired) electrons. The molecule has 1 amide bonds. The lowest BCUT2D eigenvalue weighted by molar-refractivity contribution is -0.121. The van der Waals surface area contributed by atoms with E-state index in [4.69, 9.17) is 4.74 Å². The maximum absolute atomic E-state index is 12.0. The second-order valence-corrected chi connectivity index (χ2v) is 5.99. The van der Waals surface area contributed by atoms with Gasteiger partial charge in [0.15, 0.2) is 5.78 Å². The topological polar surface area (TPSA) is 46.6 Å². The van der Waals surface area contributed by atoms with Crippen molar-refractivity contribution in [3.63, 3.8) is 0 Å². The van der Waals surface area contributed by atoms with E-state index in [1.54, 1.807) is 4.90 Å². The van der Waals surface area contributed by atoms with Crippen LogP contribution in [0, 0.1) is 0 Å². The Morgan fingerprint density at radius 3 is 2.41 bits per heavy atom. The van der Waals surface area contributed by atoms with Gasteiger partial charge in [-0.25, -0.2) is 4.79 Å². The molecule has 0 aromatic rings. The maximum Gasteiger partial charge on any atom is 0.411 e. The molecule has 0 saturated carbocycles. The highest BCUT2D eigenvalue weighted by molar-refractivity contribution is 9.09. The van der Waals surface area contributed by atoms with Gasteiger partial charge >= 0.3 is 6.09 Å². The molecular formula is C12H20BrNO3. The SMILES string of the molecule is CC1CCC(C(=O)CBr)N1C(=O)OC(C)(C)C. The molecule has 17 heavy (non-hydrogen) atoms. The van der Waals surface area contributed by atoms with Gasteiger partial charge in [-0.15, -0.1) is 0 Å². The van der Waals surface area contributed by atoms with Crippen molar-refractivity contribution in [2.45, 2.75) is 58.2 Å². The van der Waals surface area contributed by atoms with Gasteiger partial charge < -0.3 is 4.74 Å². The molecule has 1 rings (SSSR count). The molecule has 1 fully saturated rings. The molecule has 1 heterocycles. The Labute approximate surface area is 111 Å². The van der Waals surface area contributed by atoms with Crippen molar-refractivity contribution in [1.82, 2.24) is 4.90 Å². The predicted molar refractivity (Wildman–Crippen MR) is 69.4 cm³/mol. The molecule has 0 N–H and O–H groups in total. The lowest BCUT2D eigenvalue weighted by atomic mass is 10.1. The number of ketones is 1. The molecule has 0 aromatic carbocycles. The summed E-state index contributed by atoms with van der Waals surface area (Å²) >= 11 is 3.15. The summed E-state index contributed by atoms with van der Waals surface area (Å²) in [5.41, 5.74) is -0.526. The molecule has 2 unspecified atom stereocenters. The van der Waals surface area contributed by atoms with Gasteiger partial charge in [-0.3, -0.25) is 9.69 Å². The number of ether oxygens (including phenoxy) is 1. The maximum atomic E-state index is 12.0. The van der Waals surface area contributed by atoms with E-state index < -0.39 is 5.60 Å². The molecule has 98 valence electrons. The molecule has 0 bridgehead atoms. The number of carbonyl (C=O) groups excluding carboxylic acids is 2. The van der Waals surface area contributed by atoms with Crippen molar-refractivity contribution < 1.29 is 14.3 Å². The zero-order valence-corrected chi connectivity index (χ0v) is 12.4. The van der Waals surface area contributed by atoms with Crippen molar-refractivity contribution in [3.8, 4) is 0 Å². The normalized spacial score (nSPS) is 24.9. The highest BCUT2D eigenvalue weighted by Gasteiger charge is 2.40. The van der Waals surface area contributed by atoms with Gasteiger partial charge in [0.1, 0.15) is 5.60 Å². The quantitative estimate of drug-likeness (QED) is 0.737. The van der Waals surface area contributed by atoms with Gasteiger partial charge in [-0.1, -0.05) is 15.9 Å². The summed E-state index contributed by atoms with van der Waals surface area (Å²) in [6.07, 6.45) is 1.19. The smallest absolute Gasteiger partial charge is 0.411 e. The fraction of sp³-hybridized carbons (Fsp3) is 0.833. The number of likely N-dealkylation sites (tertiary alicyclic amines) is 1. The van der Waals surface area contributed by atoms with Crippen molar-refractivity contribution in [3.05, 3.63) is 0 Å². The average Bonchev–Trinajstić information content (AvgIpc) is 2.56. The molecule has 2 atom stereocenters. The van der Waals surface area contributed by atoms with Crippen LogP contribution in [0.2, 0.25) is 0 Å². The number of alkyl halides is 1. The van der Waals surface area contributed by atoms with Crippen LogP contribution in [0.15, 0.2) is 0 Å². The Morgan fingerprint density at radius 2 is 1.94 bits per heavy atom. The van der Waals surface area contributed by atoms with Gasteiger partial charge in [0, 0.05) is 6.04 Å². The second kappa shape index (κ2) is 5.38. The summed E-state index contributed by atoms with van der Waals surface area (Å²) in [6.45, 7) is 7.43. The highest BCUT2D eigenvalue weighted by Crippen LogP contribution is 2.27. The first-order chi connectivity index (χ1) is 7.76. The Balaban J connectivity index is 2.78. The number of Topliss-reactive ketones (excluding diaryl/α,β-unsaturated/α-hetero) is 1. The Hall–Kier alpha value is -0.580. The summed E-state index contributed by atoms with van der Waals surface area (Å²) in [7, 11) is 0. The summed E-state index contributed by atoms with van der Waals surface area (Å²) < 4.78 is 5.34. The van der Waals surface area contributed by atoms with Crippen LogP contribution in [0.4, 0.5) is 4.79 Å². The van der Waals surface area contributed by atoms with E-state index in [1.165, 1.54) is 0 Å². The summed E-state index contributed by atoms with van der Waals surface area (Å²) in [5.74, 6) is 0.0419. The van der Waals surface area contributed by atoms with Crippen LogP contribution in [-0.2, 0) is 9.53 Å². The Kier molecular flexibility index (Phi) is 4.58. The number of halogens is 1. The predicted octanol–water partition coefficient (Wildman–Crippen LogP) is 2.74. The van der Waals surface area contributed by atoms with Crippen LogP contribution in [0.5, 0.6) is 0 Å². The van der Waals surface area contributed by atoms with E-state index in [-0.39, 0.29) is 29.3 Å². The first kappa shape index (κ1) is 14.5. The molecule has 0 spiro atoms. The first-order valence-electron chi connectivity index (χ1n) is 5.86. The summed E-state index contributed by atoms with van der Waals surface area (Å²) in [6, 6.07) is -0.267. The fourth-order valence-corrected chi connectivity index (χ4v) is 2.39. The Morgan fingerprint density at radius 1 is 1.35 bits per heavy atom. The van der Waals surface area contributed by atoms with Crippen LogP contribution in [-0.4, -0.2) is 39.8 Å². The monoisotopic (exact) mass is 305 g/mol. The third-order valence-electron chi connectivity index (χ3n) is 2.78. The standard InChI is InChI=1S/C12H20BrNO3/c1-8-5-6-9(10(15)7-13)14(8)11(16)17-12(2,3)4/h8-9H,5-7H2,1-4H3. The lowest BCUT2D eigenvalue weighted by Crippen LogP contribution is -2.46.